The summed E-state index contributed by atoms with van der Waals surface area (Å²) in [6, 6.07) is 17.7. The van der Waals surface area contributed by atoms with Crippen LogP contribution in [0.1, 0.15) is 18.1 Å². The number of rotatable bonds is 6. The molecule has 1 unspecified atom stereocenters. The van der Waals surface area contributed by atoms with Crippen LogP contribution in [0.5, 0.6) is 5.75 Å². The van der Waals surface area contributed by atoms with E-state index in [2.05, 4.69) is 24.0 Å². The summed E-state index contributed by atoms with van der Waals surface area (Å²) in [4.78, 5) is 2.11. The van der Waals surface area contributed by atoms with Crippen molar-refractivity contribution in [2.45, 2.75) is 19.4 Å². The summed E-state index contributed by atoms with van der Waals surface area (Å²) in [5.74, 6) is 1.07. The fraction of sp³-hybridized carbons (Fsp3) is 0.273. The number of allylic oxidation sites excluding steroid dienone is 1. The quantitative estimate of drug-likeness (QED) is 0.786. The molecule has 5 heteroatoms. The van der Waals surface area contributed by atoms with E-state index in [1.54, 1.807) is 12.3 Å². The predicted molar refractivity (Wildman–Crippen MR) is 111 cm³/mol. The minimum absolute atomic E-state index is 0. The first kappa shape index (κ1) is 20.9. The number of likely N-dealkylation sites (N-methyl/N-ethyl adjacent to an activating group) is 1. The van der Waals surface area contributed by atoms with Gasteiger partial charge in [0.05, 0.1) is 6.04 Å². The number of phenolic OH excluding ortho intramolecular Hbond substituents is 1. The Morgan fingerprint density at radius 1 is 1.11 bits per heavy atom. The van der Waals surface area contributed by atoms with Crippen molar-refractivity contribution < 1.29 is 14.6 Å². The zero-order chi connectivity index (χ0) is 18.5. The minimum atomic E-state index is -0.0291. The van der Waals surface area contributed by atoms with Gasteiger partial charge in [-0.05, 0) is 61.8 Å². The van der Waals surface area contributed by atoms with Gasteiger partial charge in [-0.2, -0.15) is 0 Å². The zero-order valence-corrected chi connectivity index (χ0v) is 16.7. The van der Waals surface area contributed by atoms with Gasteiger partial charge in [0.1, 0.15) is 12.0 Å². The Labute approximate surface area is 167 Å². The Hall–Kier alpha value is -2.43. The Kier molecular flexibility index (Phi) is 7.34. The Morgan fingerprint density at radius 2 is 1.85 bits per heavy atom. The van der Waals surface area contributed by atoms with Crippen molar-refractivity contribution in [1.82, 2.24) is 4.90 Å². The number of ether oxygens (including phenoxy) is 2. The first-order valence-corrected chi connectivity index (χ1v) is 8.70. The van der Waals surface area contributed by atoms with E-state index in [0.717, 1.165) is 17.7 Å². The van der Waals surface area contributed by atoms with E-state index in [1.807, 2.05) is 50.5 Å². The third-order valence-corrected chi connectivity index (χ3v) is 4.58. The molecule has 2 aromatic carbocycles. The normalized spacial score (nSPS) is 15.2. The summed E-state index contributed by atoms with van der Waals surface area (Å²) in [6.45, 7) is 2.38. The van der Waals surface area contributed by atoms with Gasteiger partial charge in [0.2, 0.25) is 6.79 Å². The lowest BCUT2D eigenvalue weighted by Crippen LogP contribution is -2.32. The van der Waals surface area contributed by atoms with Crippen molar-refractivity contribution in [3.63, 3.8) is 0 Å². The smallest absolute Gasteiger partial charge is 0.229 e. The Balaban J connectivity index is 0.00000261. The molecule has 144 valence electrons. The molecule has 0 aliphatic carbocycles. The Morgan fingerprint density at radius 3 is 2.44 bits per heavy atom. The maximum absolute atomic E-state index is 9.98. The standard InChI is InChI=1S/C22H25NO3.ClH/c1-16(22(23(2)3)21-14-25-15-26-21)20(12-17-8-5-4-6-9-17)18-10-7-11-19(24)13-18;/h4-11,13-14,22,24H,12,15H2,1-3H3;1H/b20-16+;. The van der Waals surface area contributed by atoms with Crippen LogP contribution in [0.25, 0.3) is 5.57 Å². The highest BCUT2D eigenvalue weighted by Gasteiger charge is 2.26. The molecule has 27 heavy (non-hydrogen) atoms. The molecule has 4 nitrogen and oxygen atoms in total. The van der Waals surface area contributed by atoms with Crippen LogP contribution in [0, 0.1) is 0 Å². The molecule has 0 spiro atoms. The van der Waals surface area contributed by atoms with Crippen LogP contribution in [0.4, 0.5) is 0 Å². The average Bonchev–Trinajstić information content (AvgIpc) is 3.14. The van der Waals surface area contributed by atoms with Gasteiger partial charge in [0.25, 0.3) is 0 Å². The van der Waals surface area contributed by atoms with Crippen molar-refractivity contribution in [2.75, 3.05) is 20.9 Å². The summed E-state index contributed by atoms with van der Waals surface area (Å²) in [6.07, 6.45) is 2.46. The number of halogens is 1. The van der Waals surface area contributed by atoms with Crippen LogP contribution in [0.2, 0.25) is 0 Å². The largest absolute Gasteiger partial charge is 0.508 e. The molecule has 0 aromatic heterocycles. The molecular formula is C22H26ClNO3. The van der Waals surface area contributed by atoms with Gasteiger partial charge in [-0.3, -0.25) is 4.90 Å². The van der Waals surface area contributed by atoms with Crippen molar-refractivity contribution in [3.8, 4) is 5.75 Å². The maximum Gasteiger partial charge on any atom is 0.229 e. The second-order valence-corrected chi connectivity index (χ2v) is 6.69. The van der Waals surface area contributed by atoms with Crippen LogP contribution < -0.4 is 0 Å². The van der Waals surface area contributed by atoms with Crippen LogP contribution >= 0.6 is 12.4 Å². The summed E-state index contributed by atoms with van der Waals surface area (Å²) < 4.78 is 11.0. The molecule has 3 rings (SSSR count). The zero-order valence-electron chi connectivity index (χ0n) is 15.9. The van der Waals surface area contributed by atoms with E-state index in [0.29, 0.717) is 0 Å². The highest BCUT2D eigenvalue weighted by atomic mass is 35.5. The first-order valence-electron chi connectivity index (χ1n) is 8.70. The molecule has 1 heterocycles. The van der Waals surface area contributed by atoms with Gasteiger partial charge in [-0.25, -0.2) is 0 Å². The molecule has 0 bridgehead atoms. The number of hydrogen-bond donors (Lipinski definition) is 1. The number of hydrogen-bond acceptors (Lipinski definition) is 4. The molecule has 1 aliphatic rings. The van der Waals surface area contributed by atoms with Crippen LogP contribution in [0.15, 0.2) is 72.2 Å². The predicted octanol–water partition coefficient (Wildman–Crippen LogP) is 4.61. The summed E-state index contributed by atoms with van der Waals surface area (Å²) >= 11 is 0. The summed E-state index contributed by atoms with van der Waals surface area (Å²) in [7, 11) is 4.05. The molecule has 2 aromatic rings. The number of phenols is 1. The first-order chi connectivity index (χ1) is 12.6. The molecule has 1 atom stereocenters. The van der Waals surface area contributed by atoms with Crippen molar-refractivity contribution in [2.24, 2.45) is 0 Å². The molecule has 0 radical (unpaired) electrons. The van der Waals surface area contributed by atoms with Crippen molar-refractivity contribution in [1.29, 1.82) is 0 Å². The lowest BCUT2D eigenvalue weighted by molar-refractivity contribution is 0.0690. The third-order valence-electron chi connectivity index (χ3n) is 4.58. The van der Waals surface area contributed by atoms with Crippen LogP contribution in [-0.4, -0.2) is 36.9 Å². The monoisotopic (exact) mass is 387 g/mol. The summed E-state index contributed by atoms with van der Waals surface area (Å²) in [5, 5.41) is 9.98. The van der Waals surface area contributed by atoms with Gasteiger partial charge in [-0.15, -0.1) is 12.4 Å². The van der Waals surface area contributed by atoms with E-state index in [1.165, 1.54) is 16.7 Å². The lowest BCUT2D eigenvalue weighted by Gasteiger charge is -2.27. The van der Waals surface area contributed by atoms with Crippen molar-refractivity contribution in [3.05, 3.63) is 83.3 Å². The number of benzene rings is 2. The number of nitrogens with zero attached hydrogens (tertiary/aromatic N) is 1. The minimum Gasteiger partial charge on any atom is -0.508 e. The van der Waals surface area contributed by atoms with E-state index >= 15 is 0 Å². The average molecular weight is 388 g/mol. The van der Waals surface area contributed by atoms with E-state index in [9.17, 15) is 5.11 Å². The van der Waals surface area contributed by atoms with Gasteiger partial charge >= 0.3 is 0 Å². The van der Waals surface area contributed by atoms with Gasteiger partial charge < -0.3 is 14.6 Å². The SMILES string of the molecule is C/C(=C(/Cc1ccccc1)c1cccc(O)c1)C(C1=COCO1)N(C)C.Cl. The topological polar surface area (TPSA) is 41.9 Å². The summed E-state index contributed by atoms with van der Waals surface area (Å²) in [5.41, 5.74) is 4.57. The van der Waals surface area contributed by atoms with Gasteiger partial charge in [0, 0.05) is 0 Å². The van der Waals surface area contributed by atoms with E-state index < -0.39 is 0 Å². The molecule has 0 fully saturated rings. The van der Waals surface area contributed by atoms with E-state index in [-0.39, 0.29) is 31.0 Å². The molecule has 1 aliphatic heterocycles. The Bertz CT molecular complexity index is 815. The van der Waals surface area contributed by atoms with E-state index in [4.69, 9.17) is 9.47 Å². The third kappa shape index (κ3) is 5.06. The number of aromatic hydroxyl groups is 1. The van der Waals surface area contributed by atoms with Crippen molar-refractivity contribution >= 4 is 18.0 Å². The van der Waals surface area contributed by atoms with Gasteiger partial charge in [0.15, 0.2) is 5.76 Å². The molecule has 0 saturated heterocycles. The molecular weight excluding hydrogens is 362 g/mol. The maximum atomic E-state index is 9.98. The van der Waals surface area contributed by atoms with Gasteiger partial charge in [-0.1, -0.05) is 42.5 Å². The van der Waals surface area contributed by atoms with Crippen LogP contribution in [0.3, 0.4) is 0 Å². The highest BCUT2D eigenvalue weighted by molar-refractivity contribution is 5.85. The second kappa shape index (κ2) is 9.49. The molecule has 0 saturated carbocycles. The molecule has 1 N–H and O–H groups in total. The fourth-order valence-electron chi connectivity index (χ4n) is 3.38. The fourth-order valence-corrected chi connectivity index (χ4v) is 3.38. The second-order valence-electron chi connectivity index (χ2n) is 6.69. The highest BCUT2D eigenvalue weighted by Crippen LogP contribution is 2.31. The lowest BCUT2D eigenvalue weighted by atomic mass is 9.90. The molecule has 0 amide bonds. The van der Waals surface area contributed by atoms with Crippen LogP contribution in [-0.2, 0) is 15.9 Å².